The molecule has 2 aromatic rings. The van der Waals surface area contributed by atoms with Crippen molar-refractivity contribution in [1.82, 2.24) is 25.0 Å². The fourth-order valence-corrected chi connectivity index (χ4v) is 2.73. The molecule has 108 valence electrons. The van der Waals surface area contributed by atoms with Crippen LogP contribution in [0.1, 0.15) is 19.3 Å². The normalized spacial score (nSPS) is 17.9. The fraction of sp³-hybridized carbons (Fsp3) is 0.429. The van der Waals surface area contributed by atoms with Crippen molar-refractivity contribution in [3.05, 3.63) is 30.6 Å². The third-order valence-corrected chi connectivity index (χ3v) is 3.79. The third kappa shape index (κ3) is 2.24. The molecule has 4 heterocycles. The summed E-state index contributed by atoms with van der Waals surface area (Å²) in [7, 11) is 0. The van der Waals surface area contributed by atoms with Crippen LogP contribution in [-0.4, -0.2) is 55.3 Å². The first-order valence-electron chi connectivity index (χ1n) is 7.32. The van der Waals surface area contributed by atoms with Crippen LogP contribution in [-0.2, 0) is 0 Å². The second kappa shape index (κ2) is 5.16. The first kappa shape index (κ1) is 12.3. The third-order valence-electron chi connectivity index (χ3n) is 3.79. The Morgan fingerprint density at radius 3 is 3.00 bits per heavy atom. The number of amidine groups is 1. The summed E-state index contributed by atoms with van der Waals surface area (Å²) in [5.41, 5.74) is 1.37. The minimum Gasteiger partial charge on any atom is -0.276 e. The van der Waals surface area contributed by atoms with Crippen LogP contribution < -0.4 is 4.84 Å². The molecule has 0 atom stereocenters. The Labute approximate surface area is 122 Å². The van der Waals surface area contributed by atoms with E-state index in [1.54, 1.807) is 6.20 Å². The highest BCUT2D eigenvalue weighted by Gasteiger charge is 2.29. The lowest BCUT2D eigenvalue weighted by molar-refractivity contribution is -0.520. The largest absolute Gasteiger partial charge is 0.477 e. The maximum atomic E-state index is 6.03. The highest BCUT2D eigenvalue weighted by molar-refractivity contribution is 5.73. The predicted octanol–water partition coefficient (Wildman–Crippen LogP) is 0.637. The van der Waals surface area contributed by atoms with E-state index in [4.69, 9.17) is 4.84 Å². The minimum absolute atomic E-state index is 0.636. The zero-order chi connectivity index (χ0) is 14.1. The molecule has 0 amide bonds. The first-order chi connectivity index (χ1) is 10.4. The molecule has 4 rings (SSSR count). The van der Waals surface area contributed by atoms with Crippen molar-refractivity contribution < 1.29 is 9.41 Å². The van der Waals surface area contributed by atoms with Gasteiger partial charge in [0, 0.05) is 12.6 Å². The van der Waals surface area contributed by atoms with Crippen molar-refractivity contribution in [1.29, 1.82) is 0 Å². The number of nitrogens with zero attached hydrogens (tertiary/aromatic N) is 6. The van der Waals surface area contributed by atoms with Crippen LogP contribution in [0.5, 0.6) is 0 Å². The standard InChI is InChI=1S/C14H17N6O/c1-2-9-18(8-1)14(19-10-3-4-11-19)21-20-13-12(16-17-20)6-5-7-15-13/h1,5-8H,2-4,9-11H2/q+1. The molecule has 0 saturated carbocycles. The average Bonchev–Trinajstić information content (AvgIpc) is 3.26. The maximum Gasteiger partial charge on any atom is 0.477 e. The quantitative estimate of drug-likeness (QED) is 0.568. The van der Waals surface area contributed by atoms with Crippen LogP contribution in [0.2, 0.25) is 0 Å². The lowest BCUT2D eigenvalue weighted by atomic mass is 10.4. The molecule has 21 heavy (non-hydrogen) atoms. The van der Waals surface area contributed by atoms with Crippen molar-refractivity contribution in [2.24, 2.45) is 0 Å². The van der Waals surface area contributed by atoms with Crippen LogP contribution in [0, 0.1) is 0 Å². The van der Waals surface area contributed by atoms with Crippen LogP contribution in [0.3, 0.4) is 0 Å². The van der Waals surface area contributed by atoms with E-state index in [9.17, 15) is 0 Å². The van der Waals surface area contributed by atoms with Crippen LogP contribution in [0.25, 0.3) is 11.2 Å². The molecule has 7 nitrogen and oxygen atoms in total. The summed E-state index contributed by atoms with van der Waals surface area (Å²) >= 11 is 0. The zero-order valence-electron chi connectivity index (χ0n) is 11.7. The number of rotatable bonds is 1. The number of fused-ring (bicyclic) bond motifs is 1. The Hall–Kier alpha value is -2.44. The Kier molecular flexibility index (Phi) is 3.02. The maximum absolute atomic E-state index is 6.03. The molecular weight excluding hydrogens is 268 g/mol. The van der Waals surface area contributed by atoms with E-state index in [2.05, 4.69) is 37.0 Å². The van der Waals surface area contributed by atoms with Crippen molar-refractivity contribution in [2.75, 3.05) is 19.6 Å². The van der Waals surface area contributed by atoms with E-state index in [-0.39, 0.29) is 0 Å². The van der Waals surface area contributed by atoms with Gasteiger partial charge >= 0.3 is 6.02 Å². The van der Waals surface area contributed by atoms with Gasteiger partial charge in [-0.2, -0.15) is 4.90 Å². The SMILES string of the molecule is C1=CN(C(On2nnc3cccnc32)=[N+]2CCCC2)CC1. The van der Waals surface area contributed by atoms with E-state index in [0.717, 1.165) is 37.6 Å². The van der Waals surface area contributed by atoms with E-state index in [1.165, 1.54) is 17.7 Å². The monoisotopic (exact) mass is 285 g/mol. The summed E-state index contributed by atoms with van der Waals surface area (Å²) in [5, 5.41) is 8.14. The molecule has 0 aliphatic carbocycles. The second-order valence-corrected chi connectivity index (χ2v) is 5.24. The van der Waals surface area contributed by atoms with Crippen molar-refractivity contribution in [3.8, 4) is 0 Å². The van der Waals surface area contributed by atoms with Gasteiger partial charge in [0.05, 0.1) is 25.8 Å². The molecular formula is C14H17N6O+. The van der Waals surface area contributed by atoms with Crippen molar-refractivity contribution in [3.63, 3.8) is 0 Å². The van der Waals surface area contributed by atoms with Gasteiger partial charge in [-0.15, -0.1) is 5.10 Å². The topological polar surface area (TPSA) is 59.1 Å². The molecule has 0 aromatic carbocycles. The smallest absolute Gasteiger partial charge is 0.276 e. The van der Waals surface area contributed by atoms with Gasteiger partial charge in [0.25, 0.3) is 0 Å². The highest BCUT2D eigenvalue weighted by atomic mass is 16.7. The van der Waals surface area contributed by atoms with Crippen molar-refractivity contribution in [2.45, 2.75) is 19.3 Å². The van der Waals surface area contributed by atoms with Gasteiger partial charge in [-0.25, -0.2) is 9.56 Å². The molecule has 0 bridgehead atoms. The molecule has 0 radical (unpaired) electrons. The lowest BCUT2D eigenvalue weighted by Gasteiger charge is -2.13. The van der Waals surface area contributed by atoms with E-state index < -0.39 is 0 Å². The van der Waals surface area contributed by atoms with Crippen molar-refractivity contribution >= 4 is 17.2 Å². The summed E-state index contributed by atoms with van der Waals surface area (Å²) < 4.78 is 2.26. The molecule has 0 spiro atoms. The molecule has 0 N–H and O–H groups in total. The van der Waals surface area contributed by atoms with Crippen LogP contribution in [0.15, 0.2) is 30.6 Å². The summed E-state index contributed by atoms with van der Waals surface area (Å²) in [5.74, 6) is 0. The Bertz CT molecular complexity index is 711. The molecule has 0 unspecified atom stereocenters. The fourth-order valence-electron chi connectivity index (χ4n) is 2.73. The van der Waals surface area contributed by atoms with Crippen LogP contribution in [0.4, 0.5) is 0 Å². The summed E-state index contributed by atoms with van der Waals surface area (Å²) in [6.45, 7) is 2.96. The van der Waals surface area contributed by atoms with Gasteiger partial charge in [-0.1, -0.05) is 0 Å². The van der Waals surface area contributed by atoms with Gasteiger partial charge in [-0.3, -0.25) is 4.84 Å². The lowest BCUT2D eigenvalue weighted by Crippen LogP contribution is -2.41. The Morgan fingerprint density at radius 2 is 2.19 bits per heavy atom. The average molecular weight is 285 g/mol. The molecule has 2 aromatic heterocycles. The number of aromatic nitrogens is 4. The van der Waals surface area contributed by atoms with E-state index in [0.29, 0.717) is 5.65 Å². The molecule has 1 saturated heterocycles. The van der Waals surface area contributed by atoms with Gasteiger partial charge in [0.2, 0.25) is 5.65 Å². The Balaban J connectivity index is 1.71. The number of pyridine rings is 1. The highest BCUT2D eigenvalue weighted by Crippen LogP contribution is 2.11. The number of hydrogen-bond donors (Lipinski definition) is 0. The molecule has 2 aliphatic heterocycles. The van der Waals surface area contributed by atoms with Gasteiger partial charge in [-0.05, 0) is 41.1 Å². The zero-order valence-corrected chi connectivity index (χ0v) is 11.7. The van der Waals surface area contributed by atoms with Gasteiger partial charge in [0.15, 0.2) is 0 Å². The Morgan fingerprint density at radius 1 is 1.29 bits per heavy atom. The van der Waals surface area contributed by atoms with Gasteiger partial charge in [0.1, 0.15) is 5.52 Å². The predicted molar refractivity (Wildman–Crippen MR) is 76.6 cm³/mol. The van der Waals surface area contributed by atoms with Crippen LogP contribution >= 0.6 is 0 Å². The molecule has 7 heteroatoms. The summed E-state index contributed by atoms with van der Waals surface area (Å²) in [6, 6.07) is 4.54. The minimum atomic E-state index is 0.636. The first-order valence-corrected chi connectivity index (χ1v) is 7.32. The van der Waals surface area contributed by atoms with E-state index in [1.807, 2.05) is 12.1 Å². The van der Waals surface area contributed by atoms with Gasteiger partial charge < -0.3 is 0 Å². The number of hydrogen-bond acceptors (Lipinski definition) is 4. The molecule has 1 fully saturated rings. The molecule has 2 aliphatic rings. The summed E-state index contributed by atoms with van der Waals surface area (Å²) in [4.78, 5) is 13.9. The second-order valence-electron chi connectivity index (χ2n) is 5.24. The van der Waals surface area contributed by atoms with E-state index >= 15 is 0 Å². The summed E-state index contributed by atoms with van der Waals surface area (Å²) in [6.07, 6.45) is 9.37.